The molecule has 0 spiro atoms. The van der Waals surface area contributed by atoms with Gasteiger partial charge in [0, 0.05) is 12.6 Å². The van der Waals surface area contributed by atoms with Gasteiger partial charge >= 0.3 is 0 Å². The predicted molar refractivity (Wildman–Crippen MR) is 85.6 cm³/mol. The number of rotatable bonds is 3. The Balaban J connectivity index is 2.15. The highest BCUT2D eigenvalue weighted by Gasteiger charge is 2.09. The lowest BCUT2D eigenvalue weighted by Crippen LogP contribution is -2.14. The minimum absolute atomic E-state index is 0.216. The van der Waals surface area contributed by atoms with Gasteiger partial charge < -0.3 is 10.6 Å². The molecule has 0 radical (unpaired) electrons. The van der Waals surface area contributed by atoms with Crippen LogP contribution in [0.3, 0.4) is 0 Å². The zero-order valence-corrected chi connectivity index (χ0v) is 13.3. The molecule has 0 atom stereocenters. The molecule has 21 heavy (non-hydrogen) atoms. The van der Waals surface area contributed by atoms with Gasteiger partial charge in [0.1, 0.15) is 10.3 Å². The Morgan fingerprint density at radius 2 is 1.95 bits per heavy atom. The molecule has 2 rings (SSSR count). The number of anilines is 2. The van der Waals surface area contributed by atoms with E-state index in [9.17, 15) is 9.59 Å². The van der Waals surface area contributed by atoms with Crippen molar-refractivity contribution in [3.8, 4) is 0 Å². The van der Waals surface area contributed by atoms with Crippen molar-refractivity contribution >= 4 is 50.7 Å². The summed E-state index contributed by atoms with van der Waals surface area (Å²) in [7, 11) is 0. The van der Waals surface area contributed by atoms with Gasteiger partial charge in [0.2, 0.25) is 5.91 Å². The maximum Gasteiger partial charge on any atom is 0.274 e. The third-order valence-corrected chi connectivity index (χ3v) is 3.24. The summed E-state index contributed by atoms with van der Waals surface area (Å²) in [6.07, 6.45) is 0. The lowest BCUT2D eigenvalue weighted by molar-refractivity contribution is -0.114. The van der Waals surface area contributed by atoms with Crippen molar-refractivity contribution in [3.63, 3.8) is 0 Å². The number of amides is 2. The van der Waals surface area contributed by atoms with Crippen molar-refractivity contribution in [1.82, 2.24) is 4.98 Å². The molecule has 2 aromatic rings. The van der Waals surface area contributed by atoms with E-state index in [-0.39, 0.29) is 17.5 Å². The molecule has 0 aliphatic rings. The molecule has 1 heterocycles. The van der Waals surface area contributed by atoms with E-state index in [2.05, 4.69) is 31.5 Å². The van der Waals surface area contributed by atoms with Gasteiger partial charge in [-0.2, -0.15) is 0 Å². The molecule has 0 bridgehead atoms. The Morgan fingerprint density at radius 1 is 1.19 bits per heavy atom. The maximum atomic E-state index is 12.0. The summed E-state index contributed by atoms with van der Waals surface area (Å²) in [6, 6.07) is 9.88. The quantitative estimate of drug-likeness (QED) is 0.811. The Labute approximate surface area is 134 Å². The van der Waals surface area contributed by atoms with Crippen LogP contribution in [-0.4, -0.2) is 16.8 Å². The maximum absolute atomic E-state index is 12.0. The van der Waals surface area contributed by atoms with Crippen molar-refractivity contribution in [2.24, 2.45) is 0 Å². The largest absolute Gasteiger partial charge is 0.325 e. The van der Waals surface area contributed by atoms with Gasteiger partial charge in [0.05, 0.1) is 10.7 Å². The molecule has 2 N–H and O–H groups in total. The van der Waals surface area contributed by atoms with E-state index in [1.807, 2.05) is 0 Å². The molecule has 0 aliphatic heterocycles. The predicted octanol–water partition coefficient (Wildman–Crippen LogP) is 3.71. The third kappa shape index (κ3) is 4.27. The van der Waals surface area contributed by atoms with Crippen molar-refractivity contribution in [2.75, 3.05) is 10.6 Å². The first-order valence-corrected chi connectivity index (χ1v) is 7.14. The number of aromatic nitrogens is 1. The smallest absolute Gasteiger partial charge is 0.274 e. The monoisotopic (exact) mass is 367 g/mol. The average molecular weight is 369 g/mol. The SMILES string of the molecule is CC(=O)Nc1ccc(NC(=O)c2cccc(Br)n2)cc1Cl. The number of halogens is 2. The lowest BCUT2D eigenvalue weighted by atomic mass is 10.2. The summed E-state index contributed by atoms with van der Waals surface area (Å²) in [5.41, 5.74) is 1.29. The number of carbonyl (C=O) groups excluding carboxylic acids is 2. The first-order chi connectivity index (χ1) is 9.95. The van der Waals surface area contributed by atoms with Crippen LogP contribution >= 0.6 is 27.5 Å². The van der Waals surface area contributed by atoms with E-state index < -0.39 is 0 Å². The summed E-state index contributed by atoms with van der Waals surface area (Å²) >= 11 is 9.25. The number of pyridine rings is 1. The Kier molecular flexibility index (Phi) is 4.93. The first-order valence-electron chi connectivity index (χ1n) is 5.97. The van der Waals surface area contributed by atoms with Crippen LogP contribution < -0.4 is 10.6 Å². The van der Waals surface area contributed by atoms with Gasteiger partial charge in [-0.1, -0.05) is 17.7 Å². The minimum Gasteiger partial charge on any atom is -0.325 e. The van der Waals surface area contributed by atoms with Crippen LogP contribution in [-0.2, 0) is 4.79 Å². The number of hydrogen-bond donors (Lipinski definition) is 2. The van der Waals surface area contributed by atoms with Crippen LogP contribution in [0.15, 0.2) is 41.0 Å². The topological polar surface area (TPSA) is 71.1 Å². The molecule has 7 heteroatoms. The van der Waals surface area contributed by atoms with Gasteiger partial charge in [-0.25, -0.2) is 4.98 Å². The molecular formula is C14H11BrClN3O2. The Hall–Kier alpha value is -1.92. The lowest BCUT2D eigenvalue weighted by Gasteiger charge is -2.09. The highest BCUT2D eigenvalue weighted by atomic mass is 79.9. The molecule has 0 saturated heterocycles. The zero-order valence-electron chi connectivity index (χ0n) is 11.0. The van der Waals surface area contributed by atoms with Gasteiger partial charge in [0.25, 0.3) is 5.91 Å². The fourth-order valence-electron chi connectivity index (χ4n) is 1.61. The van der Waals surface area contributed by atoms with E-state index in [0.717, 1.165) is 0 Å². The second-order valence-electron chi connectivity index (χ2n) is 4.18. The fourth-order valence-corrected chi connectivity index (χ4v) is 2.19. The van der Waals surface area contributed by atoms with Gasteiger partial charge in [-0.3, -0.25) is 9.59 Å². The first kappa shape index (κ1) is 15.5. The van der Waals surface area contributed by atoms with E-state index in [4.69, 9.17) is 11.6 Å². The second kappa shape index (κ2) is 6.69. The van der Waals surface area contributed by atoms with Crippen LogP contribution in [0.25, 0.3) is 0 Å². The molecule has 0 aliphatic carbocycles. The normalized spacial score (nSPS) is 10.0. The molecule has 2 amide bonds. The van der Waals surface area contributed by atoms with Crippen molar-refractivity contribution < 1.29 is 9.59 Å². The standard InChI is InChI=1S/C14H11BrClN3O2/c1-8(20)17-11-6-5-9(7-10(11)16)18-14(21)12-3-2-4-13(15)19-12/h2-7H,1H3,(H,17,20)(H,18,21). The van der Waals surface area contributed by atoms with Gasteiger partial charge in [-0.05, 0) is 46.3 Å². The summed E-state index contributed by atoms with van der Waals surface area (Å²) in [5, 5.41) is 5.62. The molecule has 5 nitrogen and oxygen atoms in total. The number of nitrogens with one attached hydrogen (secondary N) is 2. The highest BCUT2D eigenvalue weighted by molar-refractivity contribution is 9.10. The van der Waals surface area contributed by atoms with Gasteiger partial charge in [0.15, 0.2) is 0 Å². The number of hydrogen-bond acceptors (Lipinski definition) is 3. The van der Waals surface area contributed by atoms with Crippen LogP contribution in [0, 0.1) is 0 Å². The number of benzene rings is 1. The second-order valence-corrected chi connectivity index (χ2v) is 5.40. The summed E-state index contributed by atoms with van der Waals surface area (Å²) < 4.78 is 0.578. The number of nitrogens with zero attached hydrogens (tertiary/aromatic N) is 1. The zero-order chi connectivity index (χ0) is 15.4. The van der Waals surface area contributed by atoms with Crippen molar-refractivity contribution in [3.05, 3.63) is 51.7 Å². The minimum atomic E-state index is -0.348. The van der Waals surface area contributed by atoms with Crippen LogP contribution in [0.5, 0.6) is 0 Å². The van der Waals surface area contributed by atoms with E-state index in [0.29, 0.717) is 21.0 Å². The summed E-state index contributed by atoms with van der Waals surface area (Å²) in [4.78, 5) is 27.1. The Bertz CT molecular complexity index is 706. The van der Waals surface area contributed by atoms with Crippen molar-refractivity contribution in [2.45, 2.75) is 6.92 Å². The molecule has 108 valence electrons. The molecule has 0 fully saturated rings. The third-order valence-electron chi connectivity index (χ3n) is 2.49. The molecular weight excluding hydrogens is 358 g/mol. The number of carbonyl (C=O) groups is 2. The molecule has 1 aromatic heterocycles. The van der Waals surface area contributed by atoms with Crippen LogP contribution in [0.2, 0.25) is 5.02 Å². The van der Waals surface area contributed by atoms with Crippen LogP contribution in [0.4, 0.5) is 11.4 Å². The fraction of sp³-hybridized carbons (Fsp3) is 0.0714. The molecule has 1 aromatic carbocycles. The van der Waals surface area contributed by atoms with Crippen molar-refractivity contribution in [1.29, 1.82) is 0 Å². The summed E-state index contributed by atoms with van der Waals surface area (Å²) in [6.45, 7) is 1.39. The van der Waals surface area contributed by atoms with Crippen LogP contribution in [0.1, 0.15) is 17.4 Å². The van der Waals surface area contributed by atoms with E-state index in [1.54, 1.807) is 36.4 Å². The average Bonchev–Trinajstić information content (AvgIpc) is 2.41. The highest BCUT2D eigenvalue weighted by Crippen LogP contribution is 2.25. The summed E-state index contributed by atoms with van der Waals surface area (Å²) in [5.74, 6) is -0.563. The Morgan fingerprint density at radius 3 is 2.57 bits per heavy atom. The molecule has 0 unspecified atom stereocenters. The van der Waals surface area contributed by atoms with E-state index >= 15 is 0 Å². The van der Waals surface area contributed by atoms with E-state index in [1.165, 1.54) is 6.92 Å². The molecule has 0 saturated carbocycles. The van der Waals surface area contributed by atoms with Gasteiger partial charge in [-0.15, -0.1) is 0 Å².